The predicted octanol–water partition coefficient (Wildman–Crippen LogP) is 11.6. The fraction of sp³-hybridized carbons (Fsp3) is 0.533. The van der Waals surface area contributed by atoms with Gasteiger partial charge < -0.3 is 0 Å². The van der Waals surface area contributed by atoms with Gasteiger partial charge >= 0.3 is 304 Å². The molecule has 0 aromatic heterocycles. The molecule has 1 saturated heterocycles. The zero-order chi connectivity index (χ0) is 43.4. The number of benzene rings is 2. The van der Waals surface area contributed by atoms with Crippen LogP contribution in [0.3, 0.4) is 0 Å². The fourth-order valence-electron chi connectivity index (χ4n) is 5.24. The number of alkyl halides is 18. The van der Waals surface area contributed by atoms with E-state index < -0.39 is 109 Å². The van der Waals surface area contributed by atoms with E-state index >= 15 is 0 Å². The monoisotopic (exact) mass is 868 g/mol. The third kappa shape index (κ3) is 8.22. The Bertz CT molecular complexity index is 1640. The molecular formula is C30H27F18N2O5P. The van der Waals surface area contributed by atoms with Crippen molar-refractivity contribution in [1.29, 1.82) is 0 Å². The average Bonchev–Trinajstić information content (AvgIpc) is 3.29. The third-order valence-electron chi connectivity index (χ3n) is 7.10. The Balaban J connectivity index is 2.78. The van der Waals surface area contributed by atoms with E-state index in [2.05, 4.69) is 23.6 Å². The van der Waals surface area contributed by atoms with Gasteiger partial charge in [-0.05, 0) is 0 Å². The van der Waals surface area contributed by atoms with E-state index in [9.17, 15) is 79.0 Å². The normalized spacial score (nSPS) is 20.2. The minimum atomic E-state index is -9.00. The van der Waals surface area contributed by atoms with Gasteiger partial charge in [0.15, 0.2) is 0 Å². The molecule has 1 aliphatic heterocycles. The first-order valence-corrected chi connectivity index (χ1v) is 17.1. The number of aliphatic imine (C=N–C) groups is 2. The van der Waals surface area contributed by atoms with Gasteiger partial charge in [0.2, 0.25) is 0 Å². The molecule has 26 heteroatoms. The van der Waals surface area contributed by atoms with Gasteiger partial charge in [0.05, 0.1) is 0 Å². The Morgan fingerprint density at radius 1 is 0.554 bits per heavy atom. The van der Waals surface area contributed by atoms with E-state index in [1.54, 1.807) is 0 Å². The van der Waals surface area contributed by atoms with Crippen LogP contribution in [0, 0.1) is 0 Å². The van der Waals surface area contributed by atoms with Crippen molar-refractivity contribution < 1.29 is 102 Å². The van der Waals surface area contributed by atoms with Crippen LogP contribution in [0.15, 0.2) is 58.5 Å². The zero-order valence-electron chi connectivity index (χ0n) is 28.7. The summed E-state index contributed by atoms with van der Waals surface area (Å²) >= 11 is 0. The second-order valence-corrected chi connectivity index (χ2v) is 14.5. The molecule has 3 rings (SSSR count). The molecule has 1 fully saturated rings. The van der Waals surface area contributed by atoms with Gasteiger partial charge in [-0.2, -0.15) is 0 Å². The number of rotatable bonds is 10. The van der Waals surface area contributed by atoms with E-state index in [1.807, 2.05) is 0 Å². The van der Waals surface area contributed by atoms with Crippen LogP contribution in [0.1, 0.15) is 45.7 Å². The second kappa shape index (κ2) is 14.7. The first-order chi connectivity index (χ1) is 25.0. The number of nitrogens with zero attached hydrogens (tertiary/aromatic N) is 2. The van der Waals surface area contributed by atoms with Crippen LogP contribution in [-0.2, 0) is 13.6 Å². The fourth-order valence-corrected chi connectivity index (χ4v) is 8.63. The topological polar surface area (TPSA) is 70.9 Å². The van der Waals surface area contributed by atoms with Crippen LogP contribution in [0.5, 0.6) is 11.5 Å². The van der Waals surface area contributed by atoms with Gasteiger partial charge in [-0.15, -0.1) is 0 Å². The predicted molar refractivity (Wildman–Crippen MR) is 160 cm³/mol. The molecule has 0 bridgehead atoms. The molecule has 0 saturated carbocycles. The number of para-hydroxylation sites is 2. The summed E-state index contributed by atoms with van der Waals surface area (Å²) in [7, 11) is -9.00. The summed E-state index contributed by atoms with van der Waals surface area (Å²) in [5.41, 5.74) is -23.0. The molecular weight excluding hydrogens is 841 g/mol. The van der Waals surface area contributed by atoms with Crippen LogP contribution in [0.25, 0.3) is 0 Å². The maximum atomic E-state index is 14.9. The molecule has 0 radical (unpaired) electrons. The third-order valence-corrected chi connectivity index (χ3v) is 9.91. The summed E-state index contributed by atoms with van der Waals surface area (Å²) in [4.78, 5) is 6.47. The summed E-state index contributed by atoms with van der Waals surface area (Å²) in [6.07, 6.45) is -43.2. The van der Waals surface area contributed by atoms with Gasteiger partial charge in [0, 0.05) is 0 Å². The average molecular weight is 868 g/mol. The van der Waals surface area contributed by atoms with Crippen molar-refractivity contribution in [3.05, 3.63) is 59.7 Å². The van der Waals surface area contributed by atoms with Crippen molar-refractivity contribution in [2.75, 3.05) is 6.61 Å². The van der Waals surface area contributed by atoms with E-state index in [-0.39, 0.29) is 12.1 Å². The van der Waals surface area contributed by atoms with Gasteiger partial charge in [0.25, 0.3) is 0 Å². The Hall–Kier alpha value is -3.57. The maximum absolute atomic E-state index is 14.9. The molecule has 0 N–H and O–H groups in total. The molecule has 0 unspecified atom stereocenters. The van der Waals surface area contributed by atoms with Gasteiger partial charge in [-0.25, -0.2) is 0 Å². The molecule has 318 valence electrons. The molecule has 2 aromatic rings. The molecule has 2 aromatic carbocycles. The van der Waals surface area contributed by atoms with Crippen LogP contribution in [-0.4, -0.2) is 78.4 Å². The first kappa shape index (κ1) is 46.8. The van der Waals surface area contributed by atoms with Crippen LogP contribution in [0.4, 0.5) is 79.0 Å². The molecule has 1 heterocycles. The van der Waals surface area contributed by atoms with Gasteiger partial charge in [0.1, 0.15) is 0 Å². The molecule has 0 aliphatic carbocycles. The summed E-state index contributed by atoms with van der Waals surface area (Å²) in [6.45, 7) is 2.78. The summed E-state index contributed by atoms with van der Waals surface area (Å²) in [5.74, 6) is -3.78. The molecule has 0 amide bonds. The Labute approximate surface area is 303 Å². The van der Waals surface area contributed by atoms with E-state index in [0.717, 1.165) is 27.7 Å². The van der Waals surface area contributed by atoms with Gasteiger partial charge in [-0.3, -0.25) is 0 Å². The Kier molecular flexibility index (Phi) is 12.3. The SMILES string of the molecule is CCOP1(Oc2ccccc2C(=NC(C)C)C(F)(F)F)(Oc2ccccc2C(=NC(C)C)C(F)(F)F)OC(C(F)(F)F)(C(F)(F)F)C(C(F)(F)F)(C(F)(F)F)O1. The quantitative estimate of drug-likeness (QED) is 0.135. The molecule has 0 atom stereocenters. The summed E-state index contributed by atoms with van der Waals surface area (Å²) in [6, 6.07) is 0.711. The van der Waals surface area contributed by atoms with E-state index in [4.69, 9.17) is 9.05 Å². The van der Waals surface area contributed by atoms with Crippen molar-refractivity contribution in [3.63, 3.8) is 0 Å². The number of halogens is 18. The first-order valence-electron chi connectivity index (χ1n) is 15.3. The summed E-state index contributed by atoms with van der Waals surface area (Å²) in [5, 5.41) is 0. The number of hydrogen-bond acceptors (Lipinski definition) is 7. The second-order valence-electron chi connectivity index (χ2n) is 12.0. The molecule has 56 heavy (non-hydrogen) atoms. The van der Waals surface area contributed by atoms with Crippen molar-refractivity contribution in [2.45, 2.75) is 95.0 Å². The molecule has 7 nitrogen and oxygen atoms in total. The van der Waals surface area contributed by atoms with Crippen LogP contribution >= 0.6 is 7.74 Å². The molecule has 0 spiro atoms. The van der Waals surface area contributed by atoms with Crippen molar-refractivity contribution in [1.82, 2.24) is 0 Å². The van der Waals surface area contributed by atoms with Crippen LogP contribution < -0.4 is 9.05 Å². The Morgan fingerprint density at radius 2 is 0.839 bits per heavy atom. The Morgan fingerprint density at radius 3 is 1.07 bits per heavy atom. The number of hydrogen-bond donors (Lipinski definition) is 0. The zero-order valence-corrected chi connectivity index (χ0v) is 29.6. The van der Waals surface area contributed by atoms with Crippen molar-refractivity contribution >= 4 is 19.2 Å². The van der Waals surface area contributed by atoms with Crippen molar-refractivity contribution in [2.24, 2.45) is 9.98 Å². The minimum absolute atomic E-state index is 0.164. The van der Waals surface area contributed by atoms with E-state index in [1.165, 1.54) is 0 Å². The van der Waals surface area contributed by atoms with Gasteiger partial charge in [-0.1, -0.05) is 0 Å². The van der Waals surface area contributed by atoms with Crippen LogP contribution in [0.2, 0.25) is 0 Å². The standard InChI is InChI=1S/C30H27F18N2O5P/c1-6-51-56(52-19-13-9-7-11-17(19)21(23(31,32)33)49-15(2)3,53-20-14-10-8-12-18(20)22(24(34,35)36)50-16(4)5)54-25(27(37,38)39,28(40,41)42)26(55-56,29(43,44)45)30(46,47)48/h7-16H,6H2,1-5H3. The van der Waals surface area contributed by atoms with Crippen molar-refractivity contribution in [3.8, 4) is 11.5 Å². The summed E-state index contributed by atoms with van der Waals surface area (Å²) < 4.78 is 287. The molecule has 1 aliphatic rings. The van der Waals surface area contributed by atoms with E-state index in [0.29, 0.717) is 43.3 Å².